The van der Waals surface area contributed by atoms with Gasteiger partial charge in [-0.25, -0.2) is 4.98 Å². The molecule has 1 fully saturated rings. The number of rotatable bonds is 2. The molecule has 1 heterocycles. The molecule has 84 valence electrons. The van der Waals surface area contributed by atoms with E-state index in [0.29, 0.717) is 5.38 Å². The summed E-state index contributed by atoms with van der Waals surface area (Å²) in [5, 5.41) is 1.71. The highest BCUT2D eigenvalue weighted by atomic mass is 35.5. The van der Waals surface area contributed by atoms with Crippen molar-refractivity contribution in [2.45, 2.75) is 51.3 Å². The molecular weight excluding hydrogens is 226 g/mol. The van der Waals surface area contributed by atoms with E-state index in [4.69, 9.17) is 11.6 Å². The first kappa shape index (κ1) is 11.4. The standard InChI is InChI=1S/C12H18ClNS/c1-8-9(2)15-12(14-8)7-10-4-3-5-11(13)6-10/h10-11H,3-7H2,1-2H3. The molecule has 1 aliphatic carbocycles. The largest absolute Gasteiger partial charge is 0.246 e. The molecule has 1 aromatic heterocycles. The Bertz CT molecular complexity index is 315. The molecule has 0 radical (unpaired) electrons. The molecule has 2 rings (SSSR count). The van der Waals surface area contributed by atoms with Gasteiger partial charge in [0.1, 0.15) is 0 Å². The summed E-state index contributed by atoms with van der Waals surface area (Å²) in [5.74, 6) is 0.770. The minimum Gasteiger partial charge on any atom is -0.246 e. The van der Waals surface area contributed by atoms with Crippen molar-refractivity contribution in [1.29, 1.82) is 0 Å². The van der Waals surface area contributed by atoms with Crippen molar-refractivity contribution in [3.05, 3.63) is 15.6 Å². The number of thiazole rings is 1. The second-order valence-corrected chi connectivity index (χ2v) is 6.49. The van der Waals surface area contributed by atoms with Crippen LogP contribution >= 0.6 is 22.9 Å². The van der Waals surface area contributed by atoms with Crippen LogP contribution in [-0.4, -0.2) is 10.4 Å². The van der Waals surface area contributed by atoms with Gasteiger partial charge in [-0.2, -0.15) is 0 Å². The van der Waals surface area contributed by atoms with Gasteiger partial charge in [0.05, 0.1) is 10.7 Å². The first-order valence-corrected chi connectivity index (χ1v) is 6.97. The summed E-state index contributed by atoms with van der Waals surface area (Å²) in [6.07, 6.45) is 6.15. The minimum atomic E-state index is 0.408. The number of hydrogen-bond acceptors (Lipinski definition) is 2. The molecule has 2 atom stereocenters. The Morgan fingerprint density at radius 1 is 1.40 bits per heavy atom. The second kappa shape index (κ2) is 4.84. The smallest absolute Gasteiger partial charge is 0.0933 e. The molecule has 0 amide bonds. The molecule has 0 aliphatic heterocycles. The van der Waals surface area contributed by atoms with Gasteiger partial charge >= 0.3 is 0 Å². The van der Waals surface area contributed by atoms with Crippen molar-refractivity contribution in [3.63, 3.8) is 0 Å². The van der Waals surface area contributed by atoms with Gasteiger partial charge in [-0.1, -0.05) is 6.42 Å². The minimum absolute atomic E-state index is 0.408. The van der Waals surface area contributed by atoms with E-state index in [9.17, 15) is 0 Å². The summed E-state index contributed by atoms with van der Waals surface area (Å²) >= 11 is 8.05. The van der Waals surface area contributed by atoms with Crippen LogP contribution in [0.1, 0.15) is 41.3 Å². The van der Waals surface area contributed by atoms with Gasteiger partial charge in [0, 0.05) is 16.7 Å². The van der Waals surface area contributed by atoms with Gasteiger partial charge in [-0.3, -0.25) is 0 Å². The van der Waals surface area contributed by atoms with E-state index < -0.39 is 0 Å². The van der Waals surface area contributed by atoms with Gasteiger partial charge in [-0.15, -0.1) is 22.9 Å². The highest BCUT2D eigenvalue weighted by molar-refractivity contribution is 7.11. The maximum Gasteiger partial charge on any atom is 0.0933 e. The van der Waals surface area contributed by atoms with Crippen molar-refractivity contribution in [3.8, 4) is 0 Å². The average molecular weight is 244 g/mol. The topological polar surface area (TPSA) is 12.9 Å². The Morgan fingerprint density at radius 3 is 2.80 bits per heavy atom. The van der Waals surface area contributed by atoms with Gasteiger partial charge in [0.15, 0.2) is 0 Å². The zero-order valence-electron chi connectivity index (χ0n) is 9.42. The summed E-state index contributed by atoms with van der Waals surface area (Å²) in [6.45, 7) is 4.25. The summed E-state index contributed by atoms with van der Waals surface area (Å²) in [4.78, 5) is 5.97. The van der Waals surface area contributed by atoms with E-state index in [1.165, 1.54) is 41.3 Å². The quantitative estimate of drug-likeness (QED) is 0.713. The average Bonchev–Trinajstić information content (AvgIpc) is 2.45. The first-order chi connectivity index (χ1) is 7.15. The van der Waals surface area contributed by atoms with Gasteiger partial charge < -0.3 is 0 Å². The number of aromatic nitrogens is 1. The third kappa shape index (κ3) is 2.94. The van der Waals surface area contributed by atoms with E-state index in [-0.39, 0.29) is 0 Å². The van der Waals surface area contributed by atoms with Crippen LogP contribution in [-0.2, 0) is 6.42 Å². The van der Waals surface area contributed by atoms with Crippen LogP contribution in [0.15, 0.2) is 0 Å². The van der Waals surface area contributed by atoms with Crippen molar-refractivity contribution < 1.29 is 0 Å². The summed E-state index contributed by atoms with van der Waals surface area (Å²) in [5.41, 5.74) is 1.20. The lowest BCUT2D eigenvalue weighted by molar-refractivity contribution is 0.361. The Morgan fingerprint density at radius 2 is 2.20 bits per heavy atom. The van der Waals surface area contributed by atoms with Crippen molar-refractivity contribution >= 4 is 22.9 Å². The fourth-order valence-corrected chi connectivity index (χ4v) is 3.74. The fraction of sp³-hybridized carbons (Fsp3) is 0.750. The molecule has 0 saturated heterocycles. The molecule has 0 spiro atoms. The van der Waals surface area contributed by atoms with E-state index in [1.807, 2.05) is 11.3 Å². The van der Waals surface area contributed by atoms with Gasteiger partial charge in [0.25, 0.3) is 0 Å². The van der Waals surface area contributed by atoms with Crippen LogP contribution in [0, 0.1) is 19.8 Å². The lowest BCUT2D eigenvalue weighted by Gasteiger charge is -2.24. The van der Waals surface area contributed by atoms with E-state index in [2.05, 4.69) is 18.8 Å². The van der Waals surface area contributed by atoms with Crippen LogP contribution in [0.25, 0.3) is 0 Å². The Kier molecular flexibility index (Phi) is 3.68. The van der Waals surface area contributed by atoms with Gasteiger partial charge in [0.2, 0.25) is 0 Å². The van der Waals surface area contributed by atoms with Crippen molar-refractivity contribution in [2.75, 3.05) is 0 Å². The summed E-state index contributed by atoms with van der Waals surface area (Å²) in [7, 11) is 0. The van der Waals surface area contributed by atoms with E-state index in [1.54, 1.807) is 0 Å². The van der Waals surface area contributed by atoms with E-state index in [0.717, 1.165) is 12.3 Å². The molecule has 1 aromatic rings. The molecule has 0 aromatic carbocycles. The van der Waals surface area contributed by atoms with E-state index >= 15 is 0 Å². The van der Waals surface area contributed by atoms with Gasteiger partial charge in [-0.05, 0) is 39.0 Å². The van der Waals surface area contributed by atoms with Crippen molar-refractivity contribution in [2.24, 2.45) is 5.92 Å². The third-order valence-corrected chi connectivity index (χ3v) is 4.75. The number of aryl methyl sites for hydroxylation is 2. The number of nitrogens with zero attached hydrogens (tertiary/aromatic N) is 1. The third-order valence-electron chi connectivity index (χ3n) is 3.25. The SMILES string of the molecule is Cc1nc(CC2CCCC(Cl)C2)sc1C. The lowest BCUT2D eigenvalue weighted by Crippen LogP contribution is -2.17. The Labute approximate surface area is 101 Å². The van der Waals surface area contributed by atoms with Crippen LogP contribution in [0.2, 0.25) is 0 Å². The molecule has 3 heteroatoms. The number of halogens is 1. The highest BCUT2D eigenvalue weighted by Gasteiger charge is 2.21. The molecule has 2 unspecified atom stereocenters. The fourth-order valence-electron chi connectivity index (χ4n) is 2.28. The molecule has 15 heavy (non-hydrogen) atoms. The number of alkyl halides is 1. The summed E-state index contributed by atoms with van der Waals surface area (Å²) < 4.78 is 0. The Hall–Kier alpha value is -0.0800. The second-order valence-electron chi connectivity index (χ2n) is 4.58. The number of hydrogen-bond donors (Lipinski definition) is 0. The maximum atomic E-state index is 6.20. The predicted octanol–water partition coefficient (Wildman–Crippen LogP) is 4.10. The lowest BCUT2D eigenvalue weighted by atomic mass is 9.87. The molecule has 0 N–H and O–H groups in total. The molecule has 1 saturated carbocycles. The van der Waals surface area contributed by atoms with Crippen LogP contribution < -0.4 is 0 Å². The predicted molar refractivity (Wildman–Crippen MR) is 66.9 cm³/mol. The molecule has 1 nitrogen and oxygen atoms in total. The van der Waals surface area contributed by atoms with Crippen LogP contribution in [0.3, 0.4) is 0 Å². The maximum absolute atomic E-state index is 6.20. The zero-order chi connectivity index (χ0) is 10.8. The first-order valence-electron chi connectivity index (χ1n) is 5.72. The monoisotopic (exact) mass is 243 g/mol. The Balaban J connectivity index is 1.96. The normalized spacial score (nSPS) is 26.9. The van der Waals surface area contributed by atoms with Crippen LogP contribution in [0.5, 0.6) is 0 Å². The van der Waals surface area contributed by atoms with Crippen LogP contribution in [0.4, 0.5) is 0 Å². The molecule has 1 aliphatic rings. The molecule has 0 bridgehead atoms. The van der Waals surface area contributed by atoms with Crippen molar-refractivity contribution in [1.82, 2.24) is 4.98 Å². The highest BCUT2D eigenvalue weighted by Crippen LogP contribution is 2.31. The summed E-state index contributed by atoms with van der Waals surface area (Å²) in [6, 6.07) is 0. The molecular formula is C12H18ClNS. The zero-order valence-corrected chi connectivity index (χ0v) is 11.0.